The Labute approximate surface area is 259 Å². The number of amides is 3. The Morgan fingerprint density at radius 2 is 1.89 bits per heavy atom. The van der Waals surface area contributed by atoms with Gasteiger partial charge in [0.25, 0.3) is 0 Å². The highest BCUT2D eigenvalue weighted by Crippen LogP contribution is 2.32. The number of nitrogens with one attached hydrogen (secondary N) is 2. The van der Waals surface area contributed by atoms with Crippen molar-refractivity contribution in [2.75, 3.05) is 21.3 Å². The number of aryl methyl sites for hydroxylation is 2. The molecule has 1 aromatic heterocycles. The van der Waals surface area contributed by atoms with E-state index in [4.69, 9.17) is 0 Å². The first-order valence-electron chi connectivity index (χ1n) is 13.7. The first-order valence-corrected chi connectivity index (χ1v) is 14.7. The third-order valence-corrected chi connectivity index (χ3v) is 7.44. The van der Waals surface area contributed by atoms with Crippen molar-refractivity contribution < 1.29 is 31.9 Å². The smallest absolute Gasteiger partial charge is 0.406 e. The second kappa shape index (κ2) is 13.4. The second-order valence-corrected chi connectivity index (χ2v) is 10.9. The zero-order chi connectivity index (χ0) is 32.1. The zero-order valence-corrected chi connectivity index (χ0v) is 24.9. The Balaban J connectivity index is 1.21. The van der Waals surface area contributed by atoms with Gasteiger partial charge in [-0.15, -0.1) is 18.3 Å². The quantitative estimate of drug-likeness (QED) is 0.192. The maximum absolute atomic E-state index is 14.9. The van der Waals surface area contributed by atoms with Gasteiger partial charge in [0.1, 0.15) is 17.9 Å². The highest BCUT2D eigenvalue weighted by molar-refractivity contribution is 8.15. The van der Waals surface area contributed by atoms with Crippen molar-refractivity contribution >= 4 is 46.2 Å². The molecule has 0 spiro atoms. The molecule has 1 saturated heterocycles. The predicted molar refractivity (Wildman–Crippen MR) is 163 cm³/mol. The third kappa shape index (κ3) is 7.98. The Morgan fingerprint density at radius 3 is 2.60 bits per heavy atom. The molecule has 0 atom stereocenters. The van der Waals surface area contributed by atoms with E-state index in [1.54, 1.807) is 6.07 Å². The van der Waals surface area contributed by atoms with E-state index in [2.05, 4.69) is 30.4 Å². The fourth-order valence-corrected chi connectivity index (χ4v) is 5.35. The van der Waals surface area contributed by atoms with Crippen LogP contribution in [-0.4, -0.2) is 44.0 Å². The van der Waals surface area contributed by atoms with E-state index in [-0.39, 0.29) is 40.8 Å². The Kier molecular flexibility index (Phi) is 9.37. The van der Waals surface area contributed by atoms with Crippen molar-refractivity contribution in [1.82, 2.24) is 14.8 Å². The number of nitrogens with zero attached hydrogens (tertiary/aromatic N) is 5. The molecule has 15 heteroatoms. The van der Waals surface area contributed by atoms with Crippen molar-refractivity contribution in [2.45, 2.75) is 39.6 Å². The van der Waals surface area contributed by atoms with Crippen LogP contribution in [0, 0.1) is 12.7 Å². The molecule has 1 fully saturated rings. The molecule has 2 N–H and O–H groups in total. The molecule has 0 unspecified atom stereocenters. The van der Waals surface area contributed by atoms with Crippen molar-refractivity contribution in [3.05, 3.63) is 89.5 Å². The number of aromatic nitrogens is 3. The molecular weight excluding hydrogens is 614 g/mol. The minimum atomic E-state index is -4.79. The van der Waals surface area contributed by atoms with Gasteiger partial charge in [0.05, 0.1) is 22.8 Å². The van der Waals surface area contributed by atoms with Crippen molar-refractivity contribution in [2.24, 2.45) is 4.99 Å². The standard InChI is InChI=1S/C30H27F4N7O3S/c1-3-4-20-7-5-18(2)13-25(20)41-26(42)16-45-29(41)38-28(43)37-24-12-6-19(14-23(24)31)15-35-27-36-17-40(39-27)21-8-10-22(11-9-21)44-30(32,33)34/h5-14,17H,3-4,15-16H2,1-2H3,(H,35,39)(H,37,43)/b38-29-. The van der Waals surface area contributed by atoms with Crippen LogP contribution in [-0.2, 0) is 17.8 Å². The van der Waals surface area contributed by atoms with Gasteiger partial charge in [0.2, 0.25) is 11.9 Å². The summed E-state index contributed by atoms with van der Waals surface area (Å²) in [7, 11) is 0. The number of rotatable bonds is 9. The van der Waals surface area contributed by atoms with Crippen LogP contribution in [0.15, 0.2) is 72.0 Å². The van der Waals surface area contributed by atoms with Gasteiger partial charge in [-0.1, -0.05) is 43.3 Å². The summed E-state index contributed by atoms with van der Waals surface area (Å²) in [5.74, 6) is -0.916. The van der Waals surface area contributed by atoms with Crippen LogP contribution >= 0.6 is 11.8 Å². The van der Waals surface area contributed by atoms with Crippen LogP contribution in [0.4, 0.5) is 39.7 Å². The highest BCUT2D eigenvalue weighted by Gasteiger charge is 2.32. The summed E-state index contributed by atoms with van der Waals surface area (Å²) in [6, 6.07) is 14.3. The largest absolute Gasteiger partial charge is 0.573 e. The molecule has 234 valence electrons. The second-order valence-electron chi connectivity index (χ2n) is 9.95. The van der Waals surface area contributed by atoms with E-state index < -0.39 is 18.2 Å². The van der Waals surface area contributed by atoms with Crippen molar-refractivity contribution in [3.8, 4) is 11.4 Å². The van der Waals surface area contributed by atoms with Gasteiger partial charge >= 0.3 is 12.4 Å². The van der Waals surface area contributed by atoms with E-state index in [9.17, 15) is 27.2 Å². The predicted octanol–water partition coefficient (Wildman–Crippen LogP) is 6.85. The summed E-state index contributed by atoms with van der Waals surface area (Å²) >= 11 is 1.14. The molecule has 10 nitrogen and oxygen atoms in total. The molecule has 3 amide bonds. The summed E-state index contributed by atoms with van der Waals surface area (Å²) in [4.78, 5) is 35.2. The summed E-state index contributed by atoms with van der Waals surface area (Å²) < 4.78 is 57.2. The molecule has 0 saturated carbocycles. The van der Waals surface area contributed by atoms with Gasteiger partial charge in [-0.3, -0.25) is 9.69 Å². The Morgan fingerprint density at radius 1 is 1.11 bits per heavy atom. The first-order chi connectivity index (χ1) is 21.5. The molecule has 5 rings (SSSR count). The number of anilines is 3. The molecular formula is C30H27F4N7O3S. The molecule has 4 aromatic rings. The summed E-state index contributed by atoms with van der Waals surface area (Å²) in [5.41, 5.74) is 3.51. The average molecular weight is 642 g/mol. The lowest BCUT2D eigenvalue weighted by Gasteiger charge is -2.20. The number of hydrogen-bond donors (Lipinski definition) is 2. The Bertz CT molecular complexity index is 1740. The van der Waals surface area contributed by atoms with E-state index >= 15 is 0 Å². The van der Waals surface area contributed by atoms with Crippen LogP contribution in [0.5, 0.6) is 5.75 Å². The minimum absolute atomic E-state index is 0.0865. The number of thioether (sulfide) groups is 1. The van der Waals surface area contributed by atoms with E-state index in [0.717, 1.165) is 47.9 Å². The van der Waals surface area contributed by atoms with E-state index in [1.807, 2.05) is 32.0 Å². The number of benzene rings is 3. The normalized spacial score (nSPS) is 14.2. The molecule has 0 bridgehead atoms. The van der Waals surface area contributed by atoms with Crippen LogP contribution < -0.4 is 20.3 Å². The summed E-state index contributed by atoms with van der Waals surface area (Å²) in [6.45, 7) is 4.10. The van der Waals surface area contributed by atoms with Crippen molar-refractivity contribution in [1.29, 1.82) is 0 Å². The van der Waals surface area contributed by atoms with Gasteiger partial charge in [-0.25, -0.2) is 18.9 Å². The number of urea groups is 1. The number of carbonyl (C=O) groups is 2. The molecule has 1 aliphatic heterocycles. The SMILES string of the molecule is CCCc1ccc(C)cc1N1C(=O)CS/C1=N\C(=O)Nc1ccc(CNc2ncn(-c3ccc(OC(F)(F)F)cc3)n2)cc1F. The fourth-order valence-electron chi connectivity index (χ4n) is 4.49. The zero-order valence-electron chi connectivity index (χ0n) is 24.1. The molecule has 1 aliphatic rings. The van der Waals surface area contributed by atoms with Gasteiger partial charge in [-0.05, 0) is 72.5 Å². The topological polar surface area (TPSA) is 114 Å². The molecule has 45 heavy (non-hydrogen) atoms. The van der Waals surface area contributed by atoms with Crippen LogP contribution in [0.25, 0.3) is 5.69 Å². The monoisotopic (exact) mass is 641 g/mol. The fraction of sp³-hybridized carbons (Fsp3) is 0.233. The number of alkyl halides is 3. The Hall–Kier alpha value is -4.92. The molecule has 0 aliphatic carbocycles. The number of carbonyl (C=O) groups excluding carboxylic acids is 2. The van der Waals surface area contributed by atoms with Gasteiger partial charge in [0.15, 0.2) is 5.17 Å². The minimum Gasteiger partial charge on any atom is -0.406 e. The first kappa shape index (κ1) is 31.5. The third-order valence-electron chi connectivity index (χ3n) is 6.52. The average Bonchev–Trinajstić information content (AvgIpc) is 3.60. The van der Waals surface area contributed by atoms with Crippen LogP contribution in [0.2, 0.25) is 0 Å². The van der Waals surface area contributed by atoms with Gasteiger partial charge in [0, 0.05) is 6.54 Å². The van der Waals surface area contributed by atoms with Crippen LogP contribution in [0.1, 0.15) is 30.0 Å². The lowest BCUT2D eigenvalue weighted by Crippen LogP contribution is -2.31. The van der Waals surface area contributed by atoms with Gasteiger partial charge in [-0.2, -0.15) is 4.99 Å². The summed E-state index contributed by atoms with van der Waals surface area (Å²) in [5, 5.41) is 9.82. The molecule has 3 aromatic carbocycles. The summed E-state index contributed by atoms with van der Waals surface area (Å²) in [6.07, 6.45) is -1.79. The number of ether oxygens (including phenoxy) is 1. The number of amidine groups is 1. The van der Waals surface area contributed by atoms with Crippen LogP contribution in [0.3, 0.4) is 0 Å². The lowest BCUT2D eigenvalue weighted by molar-refractivity contribution is -0.274. The maximum Gasteiger partial charge on any atom is 0.573 e. The number of halogens is 4. The molecule has 2 heterocycles. The van der Waals surface area contributed by atoms with E-state index in [1.165, 1.54) is 40.2 Å². The highest BCUT2D eigenvalue weighted by atomic mass is 32.2. The number of hydrogen-bond acceptors (Lipinski definition) is 7. The molecule has 0 radical (unpaired) electrons. The van der Waals surface area contributed by atoms with Gasteiger partial charge < -0.3 is 15.4 Å². The number of aliphatic imine (C=N–C) groups is 1. The maximum atomic E-state index is 14.9. The lowest BCUT2D eigenvalue weighted by atomic mass is 10.0. The van der Waals surface area contributed by atoms with Crippen molar-refractivity contribution in [3.63, 3.8) is 0 Å². The van der Waals surface area contributed by atoms with E-state index in [0.29, 0.717) is 16.9 Å².